The fourth-order valence-corrected chi connectivity index (χ4v) is 3.33. The van der Waals surface area contributed by atoms with Crippen molar-refractivity contribution >= 4 is 0 Å². The van der Waals surface area contributed by atoms with Gasteiger partial charge < -0.3 is 9.84 Å². The number of hydrogen-bond donors (Lipinski definition) is 1. The lowest BCUT2D eigenvalue weighted by Crippen LogP contribution is -2.43. The van der Waals surface area contributed by atoms with E-state index in [1.807, 2.05) is 0 Å². The molecule has 1 heterocycles. The van der Waals surface area contributed by atoms with Crippen LogP contribution in [0.25, 0.3) is 0 Å². The molecule has 2 aliphatic rings. The van der Waals surface area contributed by atoms with Crippen molar-refractivity contribution in [1.29, 1.82) is 0 Å². The molecule has 0 spiro atoms. The third-order valence-electron chi connectivity index (χ3n) is 4.34. The van der Waals surface area contributed by atoms with E-state index in [0.717, 1.165) is 45.2 Å². The zero-order valence-corrected chi connectivity index (χ0v) is 11.1. The van der Waals surface area contributed by atoms with Crippen LogP contribution in [0.15, 0.2) is 0 Å². The minimum Gasteiger partial charge on any atom is -0.393 e. The number of nitrogens with zero attached hydrogens (tertiary/aromatic N) is 1. The number of aliphatic hydroxyl groups is 1. The molecule has 3 unspecified atom stereocenters. The van der Waals surface area contributed by atoms with Crippen molar-refractivity contribution in [3.8, 4) is 0 Å². The quantitative estimate of drug-likeness (QED) is 0.816. The minimum atomic E-state index is -0.0639. The smallest absolute Gasteiger partial charge is 0.0594 e. The Hall–Kier alpha value is -0.120. The van der Waals surface area contributed by atoms with Crippen molar-refractivity contribution in [2.75, 3.05) is 32.8 Å². The highest BCUT2D eigenvalue weighted by Gasteiger charge is 2.30. The summed E-state index contributed by atoms with van der Waals surface area (Å²) in [5, 5.41) is 10.1. The monoisotopic (exact) mass is 241 g/mol. The van der Waals surface area contributed by atoms with Crippen LogP contribution in [0.1, 0.15) is 39.0 Å². The number of rotatable bonds is 4. The van der Waals surface area contributed by atoms with E-state index in [9.17, 15) is 5.11 Å². The molecular formula is C14H27NO2. The van der Waals surface area contributed by atoms with E-state index < -0.39 is 0 Å². The normalized spacial score (nSPS) is 36.0. The van der Waals surface area contributed by atoms with Crippen molar-refractivity contribution < 1.29 is 9.84 Å². The summed E-state index contributed by atoms with van der Waals surface area (Å²) in [7, 11) is 0. The Morgan fingerprint density at radius 1 is 1.24 bits per heavy atom. The molecular weight excluding hydrogens is 214 g/mol. The van der Waals surface area contributed by atoms with Crippen molar-refractivity contribution in [3.63, 3.8) is 0 Å². The van der Waals surface area contributed by atoms with Crippen LogP contribution in [0.3, 0.4) is 0 Å². The molecule has 1 aliphatic heterocycles. The summed E-state index contributed by atoms with van der Waals surface area (Å²) < 4.78 is 5.37. The Morgan fingerprint density at radius 3 is 2.71 bits per heavy atom. The average molecular weight is 241 g/mol. The molecule has 17 heavy (non-hydrogen) atoms. The number of aliphatic hydroxyl groups excluding tert-OH is 1. The molecule has 2 rings (SSSR count). The van der Waals surface area contributed by atoms with E-state index >= 15 is 0 Å². The van der Waals surface area contributed by atoms with Crippen LogP contribution < -0.4 is 0 Å². The van der Waals surface area contributed by atoms with Crippen molar-refractivity contribution in [2.45, 2.75) is 45.1 Å². The average Bonchev–Trinajstić information content (AvgIpc) is 2.35. The summed E-state index contributed by atoms with van der Waals surface area (Å²) in [6.45, 7) is 7.15. The highest BCUT2D eigenvalue weighted by molar-refractivity contribution is 4.82. The SMILES string of the molecule is CCCC1CCC(O)C(CN2CCOCC2)C1. The zero-order valence-electron chi connectivity index (χ0n) is 11.1. The van der Waals surface area contributed by atoms with Crippen LogP contribution in [0.4, 0.5) is 0 Å². The molecule has 0 bridgehead atoms. The zero-order chi connectivity index (χ0) is 12.1. The highest BCUT2D eigenvalue weighted by Crippen LogP contribution is 2.32. The number of hydrogen-bond acceptors (Lipinski definition) is 3. The van der Waals surface area contributed by atoms with Crippen LogP contribution in [0, 0.1) is 11.8 Å². The third-order valence-corrected chi connectivity index (χ3v) is 4.34. The second-order valence-corrected chi connectivity index (χ2v) is 5.71. The molecule has 0 amide bonds. The molecule has 0 aromatic heterocycles. The Kier molecular flexibility index (Phi) is 5.26. The predicted molar refractivity (Wildman–Crippen MR) is 69.0 cm³/mol. The van der Waals surface area contributed by atoms with Gasteiger partial charge in [-0.25, -0.2) is 0 Å². The fraction of sp³-hybridized carbons (Fsp3) is 1.00. The largest absolute Gasteiger partial charge is 0.393 e. The van der Waals surface area contributed by atoms with Crippen molar-refractivity contribution in [3.05, 3.63) is 0 Å². The molecule has 1 N–H and O–H groups in total. The van der Waals surface area contributed by atoms with Gasteiger partial charge in [0.05, 0.1) is 19.3 Å². The minimum absolute atomic E-state index is 0.0639. The predicted octanol–water partition coefficient (Wildman–Crippen LogP) is 1.90. The first-order chi connectivity index (χ1) is 8.29. The Morgan fingerprint density at radius 2 is 2.00 bits per heavy atom. The van der Waals surface area contributed by atoms with Crippen molar-refractivity contribution in [1.82, 2.24) is 4.90 Å². The highest BCUT2D eigenvalue weighted by atomic mass is 16.5. The molecule has 100 valence electrons. The summed E-state index contributed by atoms with van der Waals surface area (Å²) in [4.78, 5) is 2.46. The number of morpholine rings is 1. The van der Waals surface area contributed by atoms with E-state index in [1.165, 1.54) is 25.7 Å². The molecule has 0 radical (unpaired) electrons. The molecule has 0 aromatic rings. The lowest BCUT2D eigenvalue weighted by molar-refractivity contribution is -0.00831. The second-order valence-electron chi connectivity index (χ2n) is 5.71. The summed E-state index contributed by atoms with van der Waals surface area (Å²) >= 11 is 0. The van der Waals surface area contributed by atoms with Gasteiger partial charge in [-0.2, -0.15) is 0 Å². The maximum atomic E-state index is 10.1. The van der Waals surface area contributed by atoms with Crippen LogP contribution in [-0.4, -0.2) is 49.0 Å². The van der Waals surface area contributed by atoms with E-state index in [0.29, 0.717) is 5.92 Å². The number of ether oxygens (including phenoxy) is 1. The van der Waals surface area contributed by atoms with E-state index in [1.54, 1.807) is 0 Å². The van der Waals surface area contributed by atoms with Gasteiger partial charge in [0.2, 0.25) is 0 Å². The molecule has 3 atom stereocenters. The van der Waals surface area contributed by atoms with Gasteiger partial charge in [-0.05, 0) is 31.1 Å². The first-order valence-corrected chi connectivity index (χ1v) is 7.27. The first-order valence-electron chi connectivity index (χ1n) is 7.27. The third kappa shape index (κ3) is 3.94. The van der Waals surface area contributed by atoms with Gasteiger partial charge in [0, 0.05) is 19.6 Å². The van der Waals surface area contributed by atoms with E-state index in [2.05, 4.69) is 11.8 Å². The Labute approximate surface area is 105 Å². The van der Waals surface area contributed by atoms with Gasteiger partial charge in [0.25, 0.3) is 0 Å². The van der Waals surface area contributed by atoms with E-state index in [-0.39, 0.29) is 6.10 Å². The van der Waals surface area contributed by atoms with Gasteiger partial charge in [-0.3, -0.25) is 4.90 Å². The van der Waals surface area contributed by atoms with Gasteiger partial charge in [-0.1, -0.05) is 19.8 Å². The molecule has 3 nitrogen and oxygen atoms in total. The standard InChI is InChI=1S/C14H27NO2/c1-2-3-12-4-5-14(16)13(10-12)11-15-6-8-17-9-7-15/h12-14,16H,2-11H2,1H3. The van der Waals surface area contributed by atoms with Gasteiger partial charge in [0.1, 0.15) is 0 Å². The summed E-state index contributed by atoms with van der Waals surface area (Å²) in [5.74, 6) is 1.35. The maximum Gasteiger partial charge on any atom is 0.0594 e. The van der Waals surface area contributed by atoms with Gasteiger partial charge >= 0.3 is 0 Å². The van der Waals surface area contributed by atoms with Gasteiger partial charge in [-0.15, -0.1) is 0 Å². The van der Waals surface area contributed by atoms with Gasteiger partial charge in [0.15, 0.2) is 0 Å². The first kappa shape index (κ1) is 13.3. The van der Waals surface area contributed by atoms with E-state index in [4.69, 9.17) is 4.74 Å². The van der Waals surface area contributed by atoms with Crippen LogP contribution in [0.5, 0.6) is 0 Å². The lowest BCUT2D eigenvalue weighted by Gasteiger charge is -2.37. The lowest BCUT2D eigenvalue weighted by atomic mass is 9.77. The summed E-state index contributed by atoms with van der Waals surface area (Å²) in [6, 6.07) is 0. The molecule has 3 heteroatoms. The molecule has 1 saturated carbocycles. The fourth-order valence-electron chi connectivity index (χ4n) is 3.33. The summed E-state index contributed by atoms with van der Waals surface area (Å²) in [6.07, 6.45) is 6.03. The van der Waals surface area contributed by atoms with Crippen LogP contribution >= 0.6 is 0 Å². The molecule has 1 saturated heterocycles. The topological polar surface area (TPSA) is 32.7 Å². The Balaban J connectivity index is 1.80. The second kappa shape index (κ2) is 6.72. The van der Waals surface area contributed by atoms with Crippen LogP contribution in [-0.2, 0) is 4.74 Å². The molecule has 1 aliphatic carbocycles. The molecule has 0 aromatic carbocycles. The Bertz CT molecular complexity index is 216. The van der Waals surface area contributed by atoms with Crippen molar-refractivity contribution in [2.24, 2.45) is 11.8 Å². The summed E-state index contributed by atoms with van der Waals surface area (Å²) in [5.41, 5.74) is 0. The van der Waals surface area contributed by atoms with Crippen LogP contribution in [0.2, 0.25) is 0 Å². The maximum absolute atomic E-state index is 10.1. The molecule has 2 fully saturated rings.